The summed E-state index contributed by atoms with van der Waals surface area (Å²) in [5.74, 6) is 0.440. The summed E-state index contributed by atoms with van der Waals surface area (Å²) in [6.45, 7) is -1.34. The summed E-state index contributed by atoms with van der Waals surface area (Å²) in [5, 5.41) is 20.1. The van der Waals surface area contributed by atoms with E-state index in [1.165, 1.54) is 24.3 Å². The fraction of sp³-hybridized carbons (Fsp3) is 0.250. The standard InChI is InChI=1S/C8H8N2O6/c11-9(12)5-15-7-2-1-3-8(4-7)16-6-10(13)14/h1-4H,5-6H2. The quantitative estimate of drug-likeness (QED) is 0.407. The highest BCUT2D eigenvalue weighted by atomic mass is 16.7. The van der Waals surface area contributed by atoms with Crippen LogP contribution in [0.25, 0.3) is 0 Å². The second kappa shape index (κ2) is 5.49. The molecule has 0 spiro atoms. The van der Waals surface area contributed by atoms with Gasteiger partial charge in [-0.25, -0.2) is 0 Å². The number of rotatable bonds is 6. The van der Waals surface area contributed by atoms with Crippen molar-refractivity contribution in [1.82, 2.24) is 0 Å². The molecule has 0 aliphatic rings. The zero-order chi connectivity index (χ0) is 12.0. The van der Waals surface area contributed by atoms with E-state index in [-0.39, 0.29) is 11.5 Å². The van der Waals surface area contributed by atoms with Crippen LogP contribution in [0.15, 0.2) is 24.3 Å². The van der Waals surface area contributed by atoms with Crippen LogP contribution in [0.3, 0.4) is 0 Å². The van der Waals surface area contributed by atoms with Gasteiger partial charge in [0.2, 0.25) is 0 Å². The first-order valence-corrected chi connectivity index (χ1v) is 4.17. The van der Waals surface area contributed by atoms with E-state index in [0.29, 0.717) is 0 Å². The Morgan fingerprint density at radius 2 is 1.44 bits per heavy atom. The van der Waals surface area contributed by atoms with E-state index >= 15 is 0 Å². The molecule has 0 amide bonds. The average molecular weight is 228 g/mol. The lowest BCUT2D eigenvalue weighted by molar-refractivity contribution is -0.514. The van der Waals surface area contributed by atoms with Crippen molar-refractivity contribution in [2.75, 3.05) is 13.5 Å². The van der Waals surface area contributed by atoms with Crippen molar-refractivity contribution in [2.24, 2.45) is 0 Å². The van der Waals surface area contributed by atoms with Gasteiger partial charge in [0.1, 0.15) is 11.5 Å². The third-order valence-corrected chi connectivity index (χ3v) is 1.48. The molecule has 0 saturated heterocycles. The van der Waals surface area contributed by atoms with Crippen molar-refractivity contribution < 1.29 is 19.3 Å². The van der Waals surface area contributed by atoms with Gasteiger partial charge in [0.05, 0.1) is 9.85 Å². The molecular weight excluding hydrogens is 220 g/mol. The Labute approximate surface area is 89.7 Å². The van der Waals surface area contributed by atoms with Gasteiger partial charge >= 0.3 is 13.5 Å². The number of nitro groups is 2. The molecule has 0 heterocycles. The van der Waals surface area contributed by atoms with Crippen molar-refractivity contribution in [2.45, 2.75) is 0 Å². The van der Waals surface area contributed by atoms with Crippen molar-refractivity contribution >= 4 is 0 Å². The van der Waals surface area contributed by atoms with Crippen LogP contribution >= 0.6 is 0 Å². The number of nitrogens with zero attached hydrogens (tertiary/aromatic N) is 2. The Bertz CT molecular complexity index is 361. The summed E-state index contributed by atoms with van der Waals surface area (Å²) in [6, 6.07) is 5.84. The largest absolute Gasteiger partial charge is 0.432 e. The average Bonchev–Trinajstić information content (AvgIpc) is 2.24. The summed E-state index contributed by atoms with van der Waals surface area (Å²) >= 11 is 0. The highest BCUT2D eigenvalue weighted by Gasteiger charge is 2.03. The molecule has 0 atom stereocenters. The Morgan fingerprint density at radius 1 is 1.00 bits per heavy atom. The van der Waals surface area contributed by atoms with E-state index < -0.39 is 23.3 Å². The summed E-state index contributed by atoms with van der Waals surface area (Å²) in [5.41, 5.74) is 0. The van der Waals surface area contributed by atoms with E-state index in [2.05, 4.69) is 0 Å². The van der Waals surface area contributed by atoms with Gasteiger partial charge in [-0.05, 0) is 12.1 Å². The Balaban J connectivity index is 2.56. The number of benzene rings is 1. The summed E-state index contributed by atoms with van der Waals surface area (Å²) in [6.07, 6.45) is 0. The van der Waals surface area contributed by atoms with Crippen LogP contribution in [0.2, 0.25) is 0 Å². The Kier molecular flexibility index (Phi) is 4.01. The first-order chi connectivity index (χ1) is 7.58. The molecule has 86 valence electrons. The van der Waals surface area contributed by atoms with Gasteiger partial charge < -0.3 is 9.47 Å². The maximum Gasteiger partial charge on any atom is 0.344 e. The first-order valence-electron chi connectivity index (χ1n) is 4.17. The van der Waals surface area contributed by atoms with Crippen LogP contribution < -0.4 is 9.47 Å². The lowest BCUT2D eigenvalue weighted by Gasteiger charge is -2.04. The third kappa shape index (κ3) is 4.22. The van der Waals surface area contributed by atoms with E-state index in [0.717, 1.165) is 0 Å². The highest BCUT2D eigenvalue weighted by molar-refractivity contribution is 5.32. The summed E-state index contributed by atoms with van der Waals surface area (Å²) in [7, 11) is 0. The highest BCUT2D eigenvalue weighted by Crippen LogP contribution is 2.19. The van der Waals surface area contributed by atoms with Gasteiger partial charge in [0, 0.05) is 6.07 Å². The molecule has 0 unspecified atom stereocenters. The number of hydrogen-bond acceptors (Lipinski definition) is 6. The molecule has 0 aromatic heterocycles. The molecule has 0 fully saturated rings. The van der Waals surface area contributed by atoms with Crippen LogP contribution in [0.1, 0.15) is 0 Å². The van der Waals surface area contributed by atoms with E-state index in [1.807, 2.05) is 0 Å². The van der Waals surface area contributed by atoms with Crippen molar-refractivity contribution in [3.05, 3.63) is 44.5 Å². The Hall–Kier alpha value is -2.38. The second-order valence-electron chi connectivity index (χ2n) is 2.69. The molecule has 1 aromatic carbocycles. The van der Waals surface area contributed by atoms with Crippen LogP contribution in [0.4, 0.5) is 0 Å². The third-order valence-electron chi connectivity index (χ3n) is 1.48. The lowest BCUT2D eigenvalue weighted by atomic mass is 10.3. The zero-order valence-corrected chi connectivity index (χ0v) is 8.07. The summed E-state index contributed by atoms with van der Waals surface area (Å²) < 4.78 is 9.53. The monoisotopic (exact) mass is 228 g/mol. The molecule has 16 heavy (non-hydrogen) atoms. The second-order valence-corrected chi connectivity index (χ2v) is 2.69. The van der Waals surface area contributed by atoms with Gasteiger partial charge in [0.15, 0.2) is 0 Å². The van der Waals surface area contributed by atoms with Crippen molar-refractivity contribution in [3.8, 4) is 11.5 Å². The van der Waals surface area contributed by atoms with Crippen LogP contribution in [-0.2, 0) is 0 Å². The first kappa shape index (κ1) is 11.7. The molecule has 1 rings (SSSR count). The predicted molar refractivity (Wildman–Crippen MR) is 51.4 cm³/mol. The van der Waals surface area contributed by atoms with Crippen LogP contribution in [0.5, 0.6) is 11.5 Å². The van der Waals surface area contributed by atoms with Gasteiger partial charge in [-0.15, -0.1) is 0 Å². The molecule has 0 aliphatic heterocycles. The minimum Gasteiger partial charge on any atom is -0.432 e. The van der Waals surface area contributed by atoms with Crippen molar-refractivity contribution in [1.29, 1.82) is 0 Å². The minimum absolute atomic E-state index is 0.220. The fourth-order valence-electron chi connectivity index (χ4n) is 0.908. The molecule has 0 bridgehead atoms. The number of ether oxygens (including phenoxy) is 2. The molecule has 0 radical (unpaired) electrons. The van der Waals surface area contributed by atoms with Crippen LogP contribution in [0, 0.1) is 20.2 Å². The molecule has 0 saturated carbocycles. The summed E-state index contributed by atoms with van der Waals surface area (Å²) in [4.78, 5) is 18.8. The van der Waals surface area contributed by atoms with E-state index in [1.54, 1.807) is 0 Å². The van der Waals surface area contributed by atoms with E-state index in [9.17, 15) is 20.2 Å². The lowest BCUT2D eigenvalue weighted by Crippen LogP contribution is -2.09. The van der Waals surface area contributed by atoms with Crippen molar-refractivity contribution in [3.63, 3.8) is 0 Å². The molecule has 0 N–H and O–H groups in total. The van der Waals surface area contributed by atoms with E-state index in [4.69, 9.17) is 9.47 Å². The minimum atomic E-state index is -0.668. The smallest absolute Gasteiger partial charge is 0.344 e. The zero-order valence-electron chi connectivity index (χ0n) is 8.07. The normalized spacial score (nSPS) is 9.50. The van der Waals surface area contributed by atoms with Crippen LogP contribution in [-0.4, -0.2) is 23.3 Å². The van der Waals surface area contributed by atoms with Gasteiger partial charge in [-0.2, -0.15) is 0 Å². The molecule has 1 aromatic rings. The molecule has 8 nitrogen and oxygen atoms in total. The maximum absolute atomic E-state index is 10.0. The molecule has 8 heteroatoms. The predicted octanol–water partition coefficient (Wildman–Crippen LogP) is 0.913. The number of hydrogen-bond donors (Lipinski definition) is 0. The van der Waals surface area contributed by atoms with Gasteiger partial charge in [0.25, 0.3) is 0 Å². The SMILES string of the molecule is O=[N+]([O-])COc1cccc(OC[N+](=O)[O-])c1. The maximum atomic E-state index is 10.0. The fourth-order valence-corrected chi connectivity index (χ4v) is 0.908. The molecule has 0 aliphatic carbocycles. The van der Waals surface area contributed by atoms with Gasteiger partial charge in [-0.1, -0.05) is 6.07 Å². The Morgan fingerprint density at radius 3 is 1.81 bits per heavy atom. The topological polar surface area (TPSA) is 105 Å². The van der Waals surface area contributed by atoms with Gasteiger partial charge in [-0.3, -0.25) is 20.2 Å². The molecular formula is C8H8N2O6.